The van der Waals surface area contributed by atoms with Gasteiger partial charge in [-0.05, 0) is 60.0 Å². The molecule has 0 aliphatic rings. The molecule has 0 spiro atoms. The van der Waals surface area contributed by atoms with Crippen LogP contribution in [0.15, 0.2) is 121 Å². The molecule has 4 nitrogen and oxygen atoms in total. The lowest BCUT2D eigenvalue weighted by molar-refractivity contribution is 1.14. The van der Waals surface area contributed by atoms with Crippen LogP contribution < -0.4 is 0 Å². The lowest BCUT2D eigenvalue weighted by Crippen LogP contribution is -1.98. The Morgan fingerprint density at radius 2 is 1.28 bits per heavy atom. The van der Waals surface area contributed by atoms with E-state index in [2.05, 4.69) is 117 Å². The summed E-state index contributed by atoms with van der Waals surface area (Å²) in [6.07, 6.45) is 0. The number of fused-ring (bicyclic) bond motifs is 10. The number of aromatic nitrogens is 2. The third kappa shape index (κ3) is 3.29. The van der Waals surface area contributed by atoms with E-state index in [0.29, 0.717) is 11.3 Å². The zero-order valence-electron chi connectivity index (χ0n) is 22.7. The monoisotopic (exact) mass is 564 g/mol. The van der Waals surface area contributed by atoms with Crippen LogP contribution in [0, 0.1) is 17.9 Å². The molecule has 9 aromatic rings. The van der Waals surface area contributed by atoms with Crippen LogP contribution in [0.3, 0.4) is 0 Å². The van der Waals surface area contributed by atoms with Gasteiger partial charge in [0.25, 0.3) is 0 Å². The molecule has 0 aliphatic carbocycles. The van der Waals surface area contributed by atoms with Crippen molar-refractivity contribution in [2.24, 2.45) is 0 Å². The Bertz CT molecular complexity index is 2710. The first-order chi connectivity index (χ1) is 21.2. The van der Waals surface area contributed by atoms with Crippen molar-refractivity contribution in [2.45, 2.75) is 0 Å². The van der Waals surface area contributed by atoms with Gasteiger partial charge in [0.05, 0.1) is 45.0 Å². The normalized spacial score (nSPS) is 11.7. The molecular weight excluding hydrogens is 545 g/mol. The van der Waals surface area contributed by atoms with Gasteiger partial charge < -0.3 is 9.13 Å². The van der Waals surface area contributed by atoms with Crippen molar-refractivity contribution in [3.05, 3.63) is 138 Å². The van der Waals surface area contributed by atoms with E-state index in [4.69, 9.17) is 6.57 Å². The second kappa shape index (κ2) is 8.81. The first kappa shape index (κ1) is 23.8. The number of nitriles is 1. The van der Waals surface area contributed by atoms with Crippen LogP contribution in [0.4, 0.5) is 5.69 Å². The van der Waals surface area contributed by atoms with E-state index in [1.165, 1.54) is 31.1 Å². The molecule has 0 fully saturated rings. The maximum Gasteiger partial charge on any atom is 0.187 e. The first-order valence-corrected chi connectivity index (χ1v) is 14.9. The van der Waals surface area contributed by atoms with E-state index in [1.54, 1.807) is 11.3 Å². The molecule has 6 aromatic carbocycles. The minimum absolute atomic E-state index is 0.658. The molecule has 198 valence electrons. The van der Waals surface area contributed by atoms with Gasteiger partial charge in [0, 0.05) is 43.0 Å². The van der Waals surface area contributed by atoms with Gasteiger partial charge in [0.1, 0.15) is 0 Å². The average molecular weight is 565 g/mol. The Morgan fingerprint density at radius 1 is 0.581 bits per heavy atom. The SMILES string of the molecule is [C-]#[N+]c1ccc2sc3c(ccc4c5ccccc5n(-c5cccc(-n6c7ccccc7c7cc(C#N)ccc76)c5)c43)c2c1. The fourth-order valence-electron chi connectivity index (χ4n) is 6.70. The molecule has 0 aliphatic heterocycles. The summed E-state index contributed by atoms with van der Waals surface area (Å²) < 4.78 is 7.09. The molecule has 0 bridgehead atoms. The molecule has 0 unspecified atom stereocenters. The van der Waals surface area contributed by atoms with E-state index in [-0.39, 0.29) is 0 Å². The van der Waals surface area contributed by atoms with Crippen LogP contribution in [0.5, 0.6) is 0 Å². The van der Waals surface area contributed by atoms with Gasteiger partial charge in [-0.3, -0.25) is 0 Å². The molecule has 9 rings (SSSR count). The molecule has 0 amide bonds. The third-order valence-electron chi connectivity index (χ3n) is 8.53. The summed E-state index contributed by atoms with van der Waals surface area (Å²) >= 11 is 1.79. The van der Waals surface area contributed by atoms with Gasteiger partial charge >= 0.3 is 0 Å². The van der Waals surface area contributed by atoms with Crippen molar-refractivity contribution in [1.82, 2.24) is 9.13 Å². The molecule has 5 heteroatoms. The largest absolute Gasteiger partial charge is 0.309 e. The summed E-state index contributed by atoms with van der Waals surface area (Å²) in [7, 11) is 0. The maximum atomic E-state index is 9.58. The topological polar surface area (TPSA) is 38.0 Å². The Morgan fingerprint density at radius 3 is 2.07 bits per heavy atom. The van der Waals surface area contributed by atoms with E-state index >= 15 is 0 Å². The van der Waals surface area contributed by atoms with E-state index in [9.17, 15) is 5.26 Å². The van der Waals surface area contributed by atoms with Crippen LogP contribution in [0.2, 0.25) is 0 Å². The first-order valence-electron chi connectivity index (χ1n) is 14.0. The molecule has 43 heavy (non-hydrogen) atoms. The Labute approximate surface area is 250 Å². The zero-order chi connectivity index (χ0) is 28.7. The van der Waals surface area contributed by atoms with Crippen LogP contribution in [-0.2, 0) is 0 Å². The van der Waals surface area contributed by atoms with Gasteiger partial charge in [-0.2, -0.15) is 5.26 Å². The predicted molar refractivity (Wildman–Crippen MR) is 179 cm³/mol. The van der Waals surface area contributed by atoms with Gasteiger partial charge in [-0.1, -0.05) is 66.7 Å². The minimum atomic E-state index is 0.658. The summed E-state index contributed by atoms with van der Waals surface area (Å²) in [4.78, 5) is 3.69. The molecule has 0 N–H and O–H groups in total. The summed E-state index contributed by atoms with van der Waals surface area (Å²) in [5.41, 5.74) is 7.97. The predicted octanol–water partition coefficient (Wildman–Crippen LogP) is 10.7. The van der Waals surface area contributed by atoms with Crippen molar-refractivity contribution < 1.29 is 0 Å². The van der Waals surface area contributed by atoms with E-state index in [1.807, 2.05) is 24.3 Å². The fourth-order valence-corrected chi connectivity index (χ4v) is 7.92. The number of hydrogen-bond donors (Lipinski definition) is 0. The summed E-state index contributed by atoms with van der Waals surface area (Å²) in [5, 5.41) is 16.5. The molecule has 3 aromatic heterocycles. The lowest BCUT2D eigenvalue weighted by Gasteiger charge is -2.13. The average Bonchev–Trinajstić information content (AvgIpc) is 3.71. The number of para-hydroxylation sites is 2. The van der Waals surface area contributed by atoms with Crippen molar-refractivity contribution in [1.29, 1.82) is 5.26 Å². The summed E-state index contributed by atoms with van der Waals surface area (Å²) in [6, 6.07) is 44.4. The Balaban J connectivity index is 1.37. The zero-order valence-corrected chi connectivity index (χ0v) is 23.6. The number of rotatable bonds is 2. The van der Waals surface area contributed by atoms with Crippen LogP contribution in [0.25, 0.3) is 80.0 Å². The highest BCUT2D eigenvalue weighted by molar-refractivity contribution is 7.26. The maximum absolute atomic E-state index is 9.58. The van der Waals surface area contributed by atoms with Crippen molar-refractivity contribution in [2.75, 3.05) is 0 Å². The van der Waals surface area contributed by atoms with Gasteiger partial charge in [-0.25, -0.2) is 4.85 Å². The lowest BCUT2D eigenvalue weighted by atomic mass is 10.1. The van der Waals surface area contributed by atoms with Gasteiger partial charge in [-0.15, -0.1) is 11.3 Å². The molecule has 0 saturated carbocycles. The highest BCUT2D eigenvalue weighted by atomic mass is 32.1. The highest BCUT2D eigenvalue weighted by Gasteiger charge is 2.19. The van der Waals surface area contributed by atoms with Gasteiger partial charge in [0.2, 0.25) is 0 Å². The molecule has 3 heterocycles. The van der Waals surface area contributed by atoms with Crippen LogP contribution in [0.1, 0.15) is 5.56 Å². The minimum Gasteiger partial charge on any atom is -0.309 e. The fraction of sp³-hybridized carbons (Fsp3) is 0. The van der Waals surface area contributed by atoms with Crippen LogP contribution >= 0.6 is 11.3 Å². The molecule has 0 saturated heterocycles. The third-order valence-corrected chi connectivity index (χ3v) is 9.73. The van der Waals surface area contributed by atoms with Crippen molar-refractivity contribution >= 4 is 80.8 Å². The summed E-state index contributed by atoms with van der Waals surface area (Å²) in [5.74, 6) is 0. The number of nitrogens with zero attached hydrogens (tertiary/aromatic N) is 4. The number of benzene rings is 6. The molecular formula is C38H20N4S. The summed E-state index contributed by atoms with van der Waals surface area (Å²) in [6.45, 7) is 7.54. The van der Waals surface area contributed by atoms with Crippen molar-refractivity contribution in [3.63, 3.8) is 0 Å². The molecule has 0 atom stereocenters. The van der Waals surface area contributed by atoms with Crippen molar-refractivity contribution in [3.8, 4) is 17.4 Å². The second-order valence-electron chi connectivity index (χ2n) is 10.8. The van der Waals surface area contributed by atoms with E-state index in [0.717, 1.165) is 44.1 Å². The molecule has 0 radical (unpaired) electrons. The smallest absolute Gasteiger partial charge is 0.187 e. The number of hydrogen-bond acceptors (Lipinski definition) is 2. The van der Waals surface area contributed by atoms with E-state index < -0.39 is 0 Å². The quantitative estimate of drug-likeness (QED) is 0.192. The van der Waals surface area contributed by atoms with Gasteiger partial charge in [0.15, 0.2) is 5.69 Å². The Hall–Kier alpha value is -5.88. The standard InChI is InChI=1S/C38H20N4S/c1-40-24-14-18-36-32(20-24)30-16-15-29-27-9-2-5-12-34(27)42(37(29)38(30)43-36)26-8-6-7-25(21-26)41-33-11-4-3-10-28(33)31-19-23(22-39)13-17-35(31)41/h2-21H. The van der Waals surface area contributed by atoms with Crippen LogP contribution in [-0.4, -0.2) is 9.13 Å². The highest BCUT2D eigenvalue weighted by Crippen LogP contribution is 2.44. The number of thiophene rings is 1. The second-order valence-corrected chi connectivity index (χ2v) is 11.9. The Kier molecular flexibility index (Phi) is 4.87.